The van der Waals surface area contributed by atoms with Crippen molar-refractivity contribution in [3.63, 3.8) is 0 Å². The Labute approximate surface area is 167 Å². The molecule has 0 saturated carbocycles. The number of rotatable bonds is 5. The summed E-state index contributed by atoms with van der Waals surface area (Å²) in [5.74, 6) is 0. The van der Waals surface area contributed by atoms with Crippen molar-refractivity contribution in [2.45, 2.75) is 50.7 Å². The van der Waals surface area contributed by atoms with Gasteiger partial charge in [-0.15, -0.1) is 0 Å². The van der Waals surface area contributed by atoms with Crippen LogP contribution in [0.1, 0.15) is 38.8 Å². The third-order valence-electron chi connectivity index (χ3n) is 5.18. The van der Waals surface area contributed by atoms with Crippen molar-refractivity contribution < 1.29 is 17.7 Å². The predicted molar refractivity (Wildman–Crippen MR) is 111 cm³/mol. The molecule has 8 heteroatoms. The van der Waals surface area contributed by atoms with Crippen LogP contribution in [-0.2, 0) is 19.3 Å². The second-order valence-electron chi connectivity index (χ2n) is 7.92. The molecule has 1 heterocycles. The highest BCUT2D eigenvalue weighted by Crippen LogP contribution is 2.36. The van der Waals surface area contributed by atoms with Gasteiger partial charge in [-0.3, -0.25) is 0 Å². The Hall–Kier alpha value is -2.16. The smallest absolute Gasteiger partial charge is 0.399 e. The number of aryl methyl sites for hydroxylation is 1. The van der Waals surface area contributed by atoms with Crippen molar-refractivity contribution in [1.29, 1.82) is 0 Å². The molecular weight excluding hydrogens is 375 g/mol. The summed E-state index contributed by atoms with van der Waals surface area (Å²) in [5.41, 5.74) is 1.85. The molecule has 1 fully saturated rings. The average molecular weight is 400 g/mol. The van der Waals surface area contributed by atoms with Crippen LogP contribution < -0.4 is 10.3 Å². The van der Waals surface area contributed by atoms with Gasteiger partial charge in [-0.2, -0.15) is 13.5 Å². The first-order valence-electron chi connectivity index (χ1n) is 9.07. The van der Waals surface area contributed by atoms with E-state index in [9.17, 15) is 8.42 Å². The zero-order valence-corrected chi connectivity index (χ0v) is 17.6. The minimum Gasteiger partial charge on any atom is -0.399 e. The van der Waals surface area contributed by atoms with E-state index >= 15 is 0 Å². The van der Waals surface area contributed by atoms with Crippen LogP contribution in [0.15, 0.2) is 58.5 Å². The van der Waals surface area contributed by atoms with Crippen LogP contribution in [0.4, 0.5) is 0 Å². The van der Waals surface area contributed by atoms with Gasteiger partial charge in [0.1, 0.15) is 0 Å². The minimum absolute atomic E-state index is 0.173. The van der Waals surface area contributed by atoms with E-state index in [0.29, 0.717) is 0 Å². The topological polar surface area (TPSA) is 77.0 Å². The first-order chi connectivity index (χ1) is 13.0. The number of hydrazone groups is 1. The maximum absolute atomic E-state index is 12.2. The first-order valence-corrected chi connectivity index (χ1v) is 10.6. The zero-order chi connectivity index (χ0) is 20.6. The van der Waals surface area contributed by atoms with Crippen LogP contribution in [0.2, 0.25) is 0 Å². The summed E-state index contributed by atoms with van der Waals surface area (Å²) in [6, 6.07) is 14.0. The van der Waals surface area contributed by atoms with E-state index in [4.69, 9.17) is 9.31 Å². The lowest BCUT2D eigenvalue weighted by Crippen LogP contribution is -2.41. The molecule has 148 valence electrons. The highest BCUT2D eigenvalue weighted by atomic mass is 32.2. The number of nitrogens with one attached hydrogen (secondary N) is 1. The van der Waals surface area contributed by atoms with Crippen molar-refractivity contribution >= 4 is 28.8 Å². The summed E-state index contributed by atoms with van der Waals surface area (Å²) in [7, 11) is -4.12. The molecule has 1 aliphatic rings. The van der Waals surface area contributed by atoms with E-state index in [2.05, 4.69) is 9.93 Å². The van der Waals surface area contributed by atoms with Crippen LogP contribution in [0.3, 0.4) is 0 Å². The van der Waals surface area contributed by atoms with Gasteiger partial charge in [0.05, 0.1) is 22.3 Å². The highest BCUT2D eigenvalue weighted by molar-refractivity contribution is 7.89. The van der Waals surface area contributed by atoms with E-state index in [1.54, 1.807) is 24.3 Å². The quantitative estimate of drug-likeness (QED) is 0.476. The zero-order valence-electron chi connectivity index (χ0n) is 16.8. The molecule has 28 heavy (non-hydrogen) atoms. The van der Waals surface area contributed by atoms with Gasteiger partial charge in [0.2, 0.25) is 0 Å². The van der Waals surface area contributed by atoms with Crippen molar-refractivity contribution in [2.24, 2.45) is 5.10 Å². The van der Waals surface area contributed by atoms with Gasteiger partial charge in [-0.1, -0.05) is 42.0 Å². The summed E-state index contributed by atoms with van der Waals surface area (Å²) in [5, 5.41) is 3.86. The Morgan fingerprint density at radius 2 is 1.46 bits per heavy atom. The van der Waals surface area contributed by atoms with Crippen LogP contribution >= 0.6 is 0 Å². The van der Waals surface area contributed by atoms with E-state index < -0.39 is 28.3 Å². The fourth-order valence-electron chi connectivity index (χ4n) is 2.66. The summed E-state index contributed by atoms with van der Waals surface area (Å²) in [6.45, 7) is 9.93. The van der Waals surface area contributed by atoms with E-state index in [1.807, 2.05) is 58.9 Å². The molecule has 0 bridgehead atoms. The van der Waals surface area contributed by atoms with Crippen LogP contribution in [-0.4, -0.2) is 33.0 Å². The molecular formula is C20H25BN2O4S. The van der Waals surface area contributed by atoms with Gasteiger partial charge in [0, 0.05) is 0 Å². The largest absolute Gasteiger partial charge is 0.494 e. The molecule has 0 radical (unpaired) electrons. The van der Waals surface area contributed by atoms with Crippen LogP contribution in [0.25, 0.3) is 0 Å². The monoisotopic (exact) mass is 400 g/mol. The predicted octanol–water partition coefficient (Wildman–Crippen LogP) is 2.61. The lowest BCUT2D eigenvalue weighted by molar-refractivity contribution is 0.00578. The lowest BCUT2D eigenvalue weighted by Gasteiger charge is -2.32. The van der Waals surface area contributed by atoms with Gasteiger partial charge in [0.25, 0.3) is 10.0 Å². The van der Waals surface area contributed by atoms with E-state index in [1.165, 1.54) is 6.21 Å². The number of benzene rings is 2. The Morgan fingerprint density at radius 3 is 2.00 bits per heavy atom. The highest BCUT2D eigenvalue weighted by Gasteiger charge is 2.51. The summed E-state index contributed by atoms with van der Waals surface area (Å²) in [6.07, 6.45) is 1.46. The van der Waals surface area contributed by atoms with Crippen LogP contribution in [0.5, 0.6) is 0 Å². The molecule has 2 aromatic carbocycles. The molecule has 0 aromatic heterocycles. The van der Waals surface area contributed by atoms with E-state index in [-0.39, 0.29) is 4.90 Å². The lowest BCUT2D eigenvalue weighted by atomic mass is 9.79. The van der Waals surface area contributed by atoms with E-state index in [0.717, 1.165) is 16.6 Å². The third-order valence-corrected chi connectivity index (χ3v) is 6.42. The fourth-order valence-corrected chi connectivity index (χ4v) is 3.45. The number of nitrogens with zero attached hydrogens (tertiary/aromatic N) is 1. The van der Waals surface area contributed by atoms with Gasteiger partial charge < -0.3 is 9.31 Å². The van der Waals surface area contributed by atoms with Gasteiger partial charge in [-0.05, 0) is 57.8 Å². The Bertz CT molecular complexity index is 952. The number of sulfonamides is 1. The fraction of sp³-hybridized carbons (Fsp3) is 0.350. The second-order valence-corrected chi connectivity index (χ2v) is 9.58. The normalized spacial score (nSPS) is 18.5. The van der Waals surface area contributed by atoms with Crippen molar-refractivity contribution in [3.8, 4) is 0 Å². The molecule has 0 aliphatic carbocycles. The molecule has 6 nitrogen and oxygen atoms in total. The van der Waals surface area contributed by atoms with Crippen molar-refractivity contribution in [3.05, 3.63) is 59.7 Å². The number of hydrogen-bond donors (Lipinski definition) is 1. The molecule has 0 unspecified atom stereocenters. The Balaban J connectivity index is 1.65. The maximum Gasteiger partial charge on any atom is 0.494 e. The molecule has 1 N–H and O–H groups in total. The summed E-state index contributed by atoms with van der Waals surface area (Å²) >= 11 is 0. The van der Waals surface area contributed by atoms with Crippen molar-refractivity contribution in [1.82, 2.24) is 4.83 Å². The molecule has 2 aromatic rings. The molecule has 0 spiro atoms. The molecule has 0 atom stereocenters. The Kier molecular flexibility index (Phi) is 5.40. The van der Waals surface area contributed by atoms with Gasteiger partial charge in [-0.25, -0.2) is 4.83 Å². The Morgan fingerprint density at radius 1 is 0.929 bits per heavy atom. The minimum atomic E-state index is -3.68. The average Bonchev–Trinajstić information content (AvgIpc) is 2.83. The maximum atomic E-state index is 12.2. The molecule has 3 rings (SSSR count). The van der Waals surface area contributed by atoms with Gasteiger partial charge in [0.15, 0.2) is 0 Å². The summed E-state index contributed by atoms with van der Waals surface area (Å²) in [4.78, 5) is 2.40. The standard InChI is InChI=1S/C20H25BN2O4S/c1-15-6-12-18(13-7-15)28(24,25)23-22-14-16-8-10-17(11-9-16)21-26-19(2,3)20(4,5)27-21/h6-14,23H,1-5H3. The molecule has 1 aliphatic heterocycles. The number of hydrogen-bond acceptors (Lipinski definition) is 5. The molecule has 1 saturated heterocycles. The van der Waals surface area contributed by atoms with Crippen molar-refractivity contribution in [2.75, 3.05) is 0 Å². The second kappa shape index (κ2) is 7.35. The summed E-state index contributed by atoms with van der Waals surface area (Å²) < 4.78 is 36.5. The third kappa shape index (κ3) is 4.29. The van der Waals surface area contributed by atoms with Gasteiger partial charge >= 0.3 is 7.12 Å². The molecule has 0 amide bonds. The SMILES string of the molecule is Cc1ccc(S(=O)(=O)NN=Cc2ccc(B3OC(C)(C)C(C)(C)O3)cc2)cc1. The van der Waals surface area contributed by atoms with Crippen LogP contribution in [0, 0.1) is 6.92 Å². The first kappa shape index (κ1) is 20.6.